The van der Waals surface area contributed by atoms with Crippen molar-refractivity contribution >= 4 is 5.91 Å². The first-order valence-electron chi connectivity index (χ1n) is 8.28. The van der Waals surface area contributed by atoms with E-state index in [1.807, 2.05) is 13.8 Å². The predicted octanol–water partition coefficient (Wildman–Crippen LogP) is 0.417. The van der Waals surface area contributed by atoms with Gasteiger partial charge in [-0.2, -0.15) is 4.98 Å². The van der Waals surface area contributed by atoms with Crippen LogP contribution >= 0.6 is 0 Å². The Balaban J connectivity index is 1.80. The van der Waals surface area contributed by atoms with Gasteiger partial charge in [0, 0.05) is 31.8 Å². The number of carbonyl (C=O) groups excluding carboxylic acids is 1. The Labute approximate surface area is 143 Å². The molecule has 134 valence electrons. The molecule has 0 bridgehead atoms. The van der Waals surface area contributed by atoms with Crippen molar-refractivity contribution in [3.8, 4) is 0 Å². The molecule has 1 amide bonds. The van der Waals surface area contributed by atoms with Gasteiger partial charge in [0.15, 0.2) is 5.82 Å². The smallest absolute Gasteiger partial charge is 0.331 e. The molecule has 9 heteroatoms. The Bertz CT molecular complexity index is 894. The molecule has 9 nitrogen and oxygen atoms in total. The summed E-state index contributed by atoms with van der Waals surface area (Å²) in [6, 6.07) is 1.02. The lowest BCUT2D eigenvalue weighted by molar-refractivity contribution is -0.133. The molecule has 1 aliphatic rings. The van der Waals surface area contributed by atoms with Crippen LogP contribution in [0.15, 0.2) is 26.4 Å². The molecule has 0 aromatic carbocycles. The minimum absolute atomic E-state index is 0.121. The zero-order valence-corrected chi connectivity index (χ0v) is 14.5. The minimum atomic E-state index is -0.516. The number of hydrogen-bond donors (Lipinski definition) is 0. The van der Waals surface area contributed by atoms with Crippen molar-refractivity contribution in [1.29, 1.82) is 0 Å². The molecule has 3 heterocycles. The second-order valence-electron chi connectivity index (χ2n) is 6.51. The standard InChI is InChI=1S/C16H21N5O4/c1-10(2)15-17-14(18-25-15)11-5-4-7-21(11)13(23)9-20-8-6-12(22)19(3)16(20)24/h6,8,10-11H,4-5,7,9H2,1-3H3/t11-/m0/s1. The van der Waals surface area contributed by atoms with Gasteiger partial charge >= 0.3 is 5.69 Å². The van der Waals surface area contributed by atoms with Crippen LogP contribution in [0.25, 0.3) is 0 Å². The molecule has 0 spiro atoms. The third-order valence-corrected chi connectivity index (χ3v) is 4.39. The van der Waals surface area contributed by atoms with Crippen LogP contribution in [-0.2, 0) is 18.4 Å². The summed E-state index contributed by atoms with van der Waals surface area (Å²) in [5.74, 6) is 0.959. The molecule has 25 heavy (non-hydrogen) atoms. The molecule has 1 atom stereocenters. The quantitative estimate of drug-likeness (QED) is 0.794. The van der Waals surface area contributed by atoms with Crippen LogP contribution in [-0.4, -0.2) is 36.6 Å². The van der Waals surface area contributed by atoms with Gasteiger partial charge in [-0.15, -0.1) is 0 Å². The van der Waals surface area contributed by atoms with Crippen molar-refractivity contribution in [2.75, 3.05) is 6.54 Å². The fourth-order valence-electron chi connectivity index (χ4n) is 2.92. The molecule has 0 aliphatic carbocycles. The van der Waals surface area contributed by atoms with Crippen molar-refractivity contribution in [3.63, 3.8) is 0 Å². The highest BCUT2D eigenvalue weighted by Gasteiger charge is 2.33. The summed E-state index contributed by atoms with van der Waals surface area (Å²) < 4.78 is 7.45. The van der Waals surface area contributed by atoms with Crippen LogP contribution in [0.3, 0.4) is 0 Å². The molecular formula is C16H21N5O4. The maximum Gasteiger partial charge on any atom is 0.331 e. The van der Waals surface area contributed by atoms with Crippen molar-refractivity contribution in [2.24, 2.45) is 7.05 Å². The SMILES string of the molecule is CC(C)c1nc([C@@H]2CCCN2C(=O)Cn2ccc(=O)n(C)c2=O)no1. The van der Waals surface area contributed by atoms with Gasteiger partial charge in [-0.05, 0) is 12.8 Å². The summed E-state index contributed by atoms with van der Waals surface area (Å²) in [5, 5.41) is 4.01. The third-order valence-electron chi connectivity index (χ3n) is 4.39. The molecule has 3 rings (SSSR count). The largest absolute Gasteiger partial charge is 0.339 e. The van der Waals surface area contributed by atoms with E-state index in [9.17, 15) is 14.4 Å². The zero-order valence-electron chi connectivity index (χ0n) is 14.5. The number of aromatic nitrogens is 4. The number of nitrogens with zero attached hydrogens (tertiary/aromatic N) is 5. The lowest BCUT2D eigenvalue weighted by atomic mass is 10.2. The summed E-state index contributed by atoms with van der Waals surface area (Å²) >= 11 is 0. The van der Waals surface area contributed by atoms with Crippen LogP contribution in [0, 0.1) is 0 Å². The van der Waals surface area contributed by atoms with Crippen molar-refractivity contribution < 1.29 is 9.32 Å². The van der Waals surface area contributed by atoms with Crippen LogP contribution in [0.1, 0.15) is 50.4 Å². The molecule has 2 aromatic rings. The number of hydrogen-bond acceptors (Lipinski definition) is 6. The van der Waals surface area contributed by atoms with Gasteiger partial charge < -0.3 is 9.42 Å². The molecular weight excluding hydrogens is 326 g/mol. The summed E-state index contributed by atoms with van der Waals surface area (Å²) in [7, 11) is 1.39. The van der Waals surface area contributed by atoms with Crippen LogP contribution in [0.2, 0.25) is 0 Å². The average molecular weight is 347 g/mol. The molecule has 0 radical (unpaired) electrons. The van der Waals surface area contributed by atoms with Crippen molar-refractivity contribution in [2.45, 2.75) is 45.2 Å². The van der Waals surface area contributed by atoms with E-state index in [0.717, 1.165) is 17.4 Å². The predicted molar refractivity (Wildman–Crippen MR) is 88.0 cm³/mol. The summed E-state index contributed by atoms with van der Waals surface area (Å²) in [4.78, 5) is 42.3. The summed E-state index contributed by atoms with van der Waals surface area (Å²) in [6.45, 7) is 4.37. The lowest BCUT2D eigenvalue weighted by Gasteiger charge is -2.22. The Morgan fingerprint density at radius 3 is 2.84 bits per heavy atom. The highest BCUT2D eigenvalue weighted by molar-refractivity contribution is 5.76. The van der Waals surface area contributed by atoms with E-state index in [1.165, 1.54) is 23.9 Å². The zero-order chi connectivity index (χ0) is 18.1. The van der Waals surface area contributed by atoms with E-state index in [-0.39, 0.29) is 24.4 Å². The number of carbonyl (C=O) groups is 1. The molecule has 1 aliphatic heterocycles. The molecule has 1 fully saturated rings. The van der Waals surface area contributed by atoms with E-state index < -0.39 is 11.2 Å². The topological polar surface area (TPSA) is 103 Å². The van der Waals surface area contributed by atoms with Gasteiger partial charge in [0.25, 0.3) is 5.56 Å². The fourth-order valence-corrected chi connectivity index (χ4v) is 2.92. The lowest BCUT2D eigenvalue weighted by Crippen LogP contribution is -2.41. The second-order valence-corrected chi connectivity index (χ2v) is 6.51. The Morgan fingerprint density at radius 2 is 2.16 bits per heavy atom. The summed E-state index contributed by atoms with van der Waals surface area (Å²) in [5.41, 5.74) is -0.918. The molecule has 0 saturated carbocycles. The van der Waals surface area contributed by atoms with Gasteiger partial charge in [-0.3, -0.25) is 18.7 Å². The number of amides is 1. The monoisotopic (exact) mass is 347 g/mol. The van der Waals surface area contributed by atoms with Gasteiger partial charge in [-0.1, -0.05) is 19.0 Å². The maximum absolute atomic E-state index is 12.7. The number of rotatable bonds is 4. The average Bonchev–Trinajstić information content (AvgIpc) is 3.23. The van der Waals surface area contributed by atoms with Gasteiger partial charge in [0.1, 0.15) is 6.54 Å². The van der Waals surface area contributed by atoms with Crippen molar-refractivity contribution in [3.05, 3.63) is 44.8 Å². The van der Waals surface area contributed by atoms with E-state index >= 15 is 0 Å². The minimum Gasteiger partial charge on any atom is -0.339 e. The van der Waals surface area contributed by atoms with E-state index in [1.54, 1.807) is 4.90 Å². The fraction of sp³-hybridized carbons (Fsp3) is 0.562. The third kappa shape index (κ3) is 3.26. The molecule has 2 aromatic heterocycles. The van der Waals surface area contributed by atoms with Gasteiger partial charge in [0.05, 0.1) is 6.04 Å². The molecule has 0 unspecified atom stereocenters. The highest BCUT2D eigenvalue weighted by Crippen LogP contribution is 2.31. The van der Waals surface area contributed by atoms with Crippen molar-refractivity contribution in [1.82, 2.24) is 24.2 Å². The highest BCUT2D eigenvalue weighted by atomic mass is 16.5. The maximum atomic E-state index is 12.7. The number of likely N-dealkylation sites (tertiary alicyclic amines) is 1. The molecule has 1 saturated heterocycles. The first-order chi connectivity index (χ1) is 11.9. The van der Waals surface area contributed by atoms with Crippen LogP contribution in [0.4, 0.5) is 0 Å². The van der Waals surface area contributed by atoms with Crippen LogP contribution < -0.4 is 11.2 Å². The second kappa shape index (κ2) is 6.66. The Hall–Kier alpha value is -2.71. The summed E-state index contributed by atoms with van der Waals surface area (Å²) in [6.07, 6.45) is 2.94. The Kier molecular flexibility index (Phi) is 4.56. The molecule has 0 N–H and O–H groups in total. The first-order valence-corrected chi connectivity index (χ1v) is 8.28. The Morgan fingerprint density at radius 1 is 1.40 bits per heavy atom. The van der Waals surface area contributed by atoms with Gasteiger partial charge in [0.2, 0.25) is 11.8 Å². The first kappa shape index (κ1) is 17.1. The van der Waals surface area contributed by atoms with E-state index in [4.69, 9.17) is 4.52 Å². The van der Waals surface area contributed by atoms with E-state index in [2.05, 4.69) is 10.1 Å². The normalized spacial score (nSPS) is 17.4. The van der Waals surface area contributed by atoms with Gasteiger partial charge in [-0.25, -0.2) is 4.79 Å². The van der Waals surface area contributed by atoms with E-state index in [0.29, 0.717) is 18.3 Å². The van der Waals surface area contributed by atoms with Crippen LogP contribution in [0.5, 0.6) is 0 Å².